The highest BCUT2D eigenvalue weighted by molar-refractivity contribution is 7.18. The molecule has 0 fully saturated rings. The fourth-order valence-electron chi connectivity index (χ4n) is 3.67. The van der Waals surface area contributed by atoms with E-state index in [0.717, 1.165) is 35.9 Å². The average molecular weight is 410 g/mol. The summed E-state index contributed by atoms with van der Waals surface area (Å²) < 4.78 is 6.14. The highest BCUT2D eigenvalue weighted by atomic mass is 32.1. The second-order valence-corrected chi connectivity index (χ2v) is 8.32. The van der Waals surface area contributed by atoms with Crippen LogP contribution in [0.3, 0.4) is 0 Å². The van der Waals surface area contributed by atoms with Gasteiger partial charge in [-0.1, -0.05) is 6.92 Å². The maximum absolute atomic E-state index is 12.2. The van der Waals surface area contributed by atoms with Crippen molar-refractivity contribution >= 4 is 38.9 Å². The van der Waals surface area contributed by atoms with E-state index in [1.807, 2.05) is 6.92 Å². The first-order valence-corrected chi connectivity index (χ1v) is 10.8. The Morgan fingerprint density at radius 2 is 2.03 bits per heavy atom. The molecule has 1 aliphatic carbocycles. The first-order valence-electron chi connectivity index (χ1n) is 9.94. The van der Waals surface area contributed by atoms with Crippen LogP contribution in [-0.2, 0) is 17.6 Å². The zero-order valence-corrected chi connectivity index (χ0v) is 17.4. The lowest BCUT2D eigenvalue weighted by Crippen LogP contribution is -2.11. The lowest BCUT2D eigenvalue weighted by atomic mass is 9.97. The zero-order valence-electron chi connectivity index (χ0n) is 16.6. The Kier molecular flexibility index (Phi) is 5.58. The number of rotatable bonds is 6. The van der Waals surface area contributed by atoms with Crippen LogP contribution >= 0.6 is 11.3 Å². The molecule has 6 nitrogen and oxygen atoms in total. The molecule has 2 aromatic heterocycles. The summed E-state index contributed by atoms with van der Waals surface area (Å²) in [6.07, 6.45) is 7.13. The molecule has 0 spiro atoms. The molecule has 0 aliphatic heterocycles. The molecule has 29 heavy (non-hydrogen) atoms. The summed E-state index contributed by atoms with van der Waals surface area (Å²) in [6, 6.07) is 5.12. The van der Waals surface area contributed by atoms with Crippen LogP contribution in [-0.4, -0.2) is 21.7 Å². The van der Waals surface area contributed by atoms with Crippen LogP contribution in [0.2, 0.25) is 0 Å². The first kappa shape index (κ1) is 19.5. The number of nitrogens with one attached hydrogen (secondary N) is 1. The summed E-state index contributed by atoms with van der Waals surface area (Å²) in [5.41, 5.74) is 2.27. The Morgan fingerprint density at radius 1 is 1.21 bits per heavy atom. The van der Waals surface area contributed by atoms with Gasteiger partial charge in [0.05, 0.1) is 10.9 Å². The maximum atomic E-state index is 12.2. The van der Waals surface area contributed by atoms with Gasteiger partial charge in [-0.2, -0.15) is 0 Å². The monoisotopic (exact) mass is 409 g/mol. The normalized spacial score (nSPS) is 13.2. The molecule has 4 rings (SSSR count). The Labute approximate surface area is 173 Å². The molecule has 7 heteroatoms. The molecule has 3 aromatic rings. The van der Waals surface area contributed by atoms with Crippen molar-refractivity contribution in [3.8, 4) is 11.6 Å². The first-order chi connectivity index (χ1) is 14.1. The summed E-state index contributed by atoms with van der Waals surface area (Å²) in [7, 11) is 0. The van der Waals surface area contributed by atoms with Gasteiger partial charge in [-0.25, -0.2) is 9.97 Å². The van der Waals surface area contributed by atoms with Crippen molar-refractivity contribution in [2.75, 3.05) is 5.32 Å². The van der Waals surface area contributed by atoms with Gasteiger partial charge in [-0.05, 0) is 62.8 Å². The summed E-state index contributed by atoms with van der Waals surface area (Å²) in [6.45, 7) is 3.44. The third-order valence-corrected chi connectivity index (χ3v) is 6.24. The molecular weight excluding hydrogens is 386 g/mol. The molecule has 0 saturated heterocycles. The minimum absolute atomic E-state index is 0.0712. The van der Waals surface area contributed by atoms with Crippen LogP contribution in [0.1, 0.15) is 60.3 Å². The van der Waals surface area contributed by atoms with Crippen molar-refractivity contribution in [1.82, 2.24) is 9.97 Å². The summed E-state index contributed by atoms with van der Waals surface area (Å²) in [4.78, 5) is 35.2. The number of thiophene rings is 1. The van der Waals surface area contributed by atoms with Crippen LogP contribution in [0.25, 0.3) is 10.2 Å². The second-order valence-electron chi connectivity index (χ2n) is 7.24. The van der Waals surface area contributed by atoms with Gasteiger partial charge in [0, 0.05) is 17.0 Å². The quantitative estimate of drug-likeness (QED) is 0.559. The fourth-order valence-corrected chi connectivity index (χ4v) is 4.88. The molecular formula is C22H23N3O3S. The fraction of sp³-hybridized carbons (Fsp3) is 0.364. The number of amides is 1. The average Bonchev–Trinajstić information content (AvgIpc) is 3.08. The molecule has 1 aliphatic rings. The molecule has 0 saturated carbocycles. The standard InChI is InChI=1S/C22H23N3O3S/c1-3-6-19(27)25-14-9-10-17(16(11-14)13(2)26)28-21-20-15-7-4-5-8-18(15)29-22(20)24-12-23-21/h9-12H,3-8H2,1-2H3,(H,25,27). The highest BCUT2D eigenvalue weighted by Gasteiger charge is 2.22. The summed E-state index contributed by atoms with van der Waals surface area (Å²) in [5.74, 6) is 0.712. The molecule has 0 atom stereocenters. The number of carbonyl (C=O) groups is 2. The van der Waals surface area contributed by atoms with Crippen molar-refractivity contribution in [3.63, 3.8) is 0 Å². The number of benzene rings is 1. The minimum Gasteiger partial charge on any atom is -0.437 e. The number of fused-ring (bicyclic) bond motifs is 3. The van der Waals surface area contributed by atoms with Crippen LogP contribution < -0.4 is 10.1 Å². The number of carbonyl (C=O) groups excluding carboxylic acids is 2. The summed E-state index contributed by atoms with van der Waals surface area (Å²) in [5, 5.41) is 3.79. The van der Waals surface area contributed by atoms with Crippen LogP contribution in [0.4, 0.5) is 5.69 Å². The van der Waals surface area contributed by atoms with Crippen molar-refractivity contribution in [2.45, 2.75) is 52.4 Å². The van der Waals surface area contributed by atoms with Gasteiger partial charge < -0.3 is 10.1 Å². The van der Waals surface area contributed by atoms with E-state index in [-0.39, 0.29) is 11.7 Å². The topological polar surface area (TPSA) is 81.2 Å². The van der Waals surface area contributed by atoms with Crippen molar-refractivity contribution < 1.29 is 14.3 Å². The Bertz CT molecular complexity index is 1090. The zero-order chi connectivity index (χ0) is 20.4. The predicted molar refractivity (Wildman–Crippen MR) is 114 cm³/mol. The molecule has 1 amide bonds. The smallest absolute Gasteiger partial charge is 0.231 e. The molecule has 1 aromatic carbocycles. The van der Waals surface area contributed by atoms with E-state index in [4.69, 9.17) is 4.74 Å². The molecule has 0 bridgehead atoms. The highest BCUT2D eigenvalue weighted by Crippen LogP contribution is 2.40. The van der Waals surface area contributed by atoms with Gasteiger partial charge in [-0.3, -0.25) is 9.59 Å². The molecule has 0 unspecified atom stereocenters. The Hall–Kier alpha value is -2.80. The number of aryl methyl sites for hydroxylation is 2. The minimum atomic E-state index is -0.135. The van der Waals surface area contributed by atoms with Gasteiger partial charge in [0.2, 0.25) is 11.8 Å². The van der Waals surface area contributed by atoms with Crippen LogP contribution in [0.5, 0.6) is 11.6 Å². The van der Waals surface area contributed by atoms with E-state index in [0.29, 0.717) is 29.3 Å². The number of nitrogens with zero attached hydrogens (tertiary/aromatic N) is 2. The molecule has 150 valence electrons. The third-order valence-electron chi connectivity index (χ3n) is 5.04. The van der Waals surface area contributed by atoms with Gasteiger partial charge in [0.15, 0.2) is 5.78 Å². The number of anilines is 1. The van der Waals surface area contributed by atoms with Gasteiger partial charge >= 0.3 is 0 Å². The van der Waals surface area contributed by atoms with Gasteiger partial charge in [0.1, 0.15) is 16.9 Å². The molecule has 2 heterocycles. The second kappa shape index (κ2) is 8.29. The number of Topliss-reactive ketones (excluding diaryl/α,β-unsaturated/α-hetero) is 1. The van der Waals surface area contributed by atoms with Gasteiger partial charge in [0.25, 0.3) is 0 Å². The number of aromatic nitrogens is 2. The van der Waals surface area contributed by atoms with Gasteiger partial charge in [-0.15, -0.1) is 11.3 Å². The van der Waals surface area contributed by atoms with Crippen LogP contribution in [0.15, 0.2) is 24.5 Å². The van der Waals surface area contributed by atoms with Crippen LogP contribution in [0, 0.1) is 0 Å². The number of ketones is 1. The molecule has 1 N–H and O–H groups in total. The van der Waals surface area contributed by atoms with Crippen molar-refractivity contribution in [3.05, 3.63) is 40.5 Å². The maximum Gasteiger partial charge on any atom is 0.231 e. The summed E-state index contributed by atoms with van der Waals surface area (Å²) >= 11 is 1.70. The van der Waals surface area contributed by atoms with Crippen molar-refractivity contribution in [2.24, 2.45) is 0 Å². The van der Waals surface area contributed by atoms with E-state index in [2.05, 4.69) is 15.3 Å². The largest absolute Gasteiger partial charge is 0.437 e. The Morgan fingerprint density at radius 3 is 2.83 bits per heavy atom. The Balaban J connectivity index is 1.70. The lowest BCUT2D eigenvalue weighted by Gasteiger charge is -2.14. The van der Waals surface area contributed by atoms with E-state index >= 15 is 0 Å². The lowest BCUT2D eigenvalue weighted by molar-refractivity contribution is -0.116. The van der Waals surface area contributed by atoms with E-state index < -0.39 is 0 Å². The number of hydrogen-bond donors (Lipinski definition) is 1. The van der Waals surface area contributed by atoms with E-state index in [9.17, 15) is 9.59 Å². The number of ether oxygens (including phenoxy) is 1. The SMILES string of the molecule is CCCC(=O)Nc1ccc(Oc2ncnc3sc4c(c23)CCCC4)c(C(C)=O)c1. The molecule has 0 radical (unpaired) electrons. The number of hydrogen-bond acceptors (Lipinski definition) is 6. The predicted octanol–water partition coefficient (Wildman–Crippen LogP) is 5.30. The van der Waals surface area contributed by atoms with E-state index in [1.54, 1.807) is 29.5 Å². The van der Waals surface area contributed by atoms with Crippen molar-refractivity contribution in [1.29, 1.82) is 0 Å². The van der Waals surface area contributed by atoms with E-state index in [1.165, 1.54) is 30.1 Å². The third kappa shape index (κ3) is 4.00.